The van der Waals surface area contributed by atoms with Gasteiger partial charge in [0.1, 0.15) is 5.01 Å². The Kier molecular flexibility index (Phi) is 4.65. The minimum atomic E-state index is 0.569. The molecule has 128 valence electrons. The number of para-hydroxylation sites is 1. The molecule has 4 aromatic rings. The van der Waals surface area contributed by atoms with Crippen molar-refractivity contribution in [2.24, 2.45) is 0 Å². The molecular weight excluding hydrogens is 358 g/mol. The van der Waals surface area contributed by atoms with E-state index in [0.29, 0.717) is 5.11 Å². The Labute approximate surface area is 161 Å². The van der Waals surface area contributed by atoms with Crippen LogP contribution in [0.3, 0.4) is 0 Å². The van der Waals surface area contributed by atoms with E-state index in [0.717, 1.165) is 27.5 Å². The predicted octanol–water partition coefficient (Wildman–Crippen LogP) is 6.08. The zero-order valence-corrected chi connectivity index (χ0v) is 15.8. The summed E-state index contributed by atoms with van der Waals surface area (Å²) in [5, 5.41) is 7.97. The van der Waals surface area contributed by atoms with Gasteiger partial charge in [0.25, 0.3) is 0 Å². The van der Waals surface area contributed by atoms with E-state index in [1.54, 1.807) is 11.3 Å². The van der Waals surface area contributed by atoms with Crippen LogP contribution < -0.4 is 10.6 Å². The second-order valence-electron chi connectivity index (χ2n) is 6.01. The van der Waals surface area contributed by atoms with Crippen molar-refractivity contribution in [3.05, 3.63) is 78.4 Å². The first-order chi connectivity index (χ1) is 12.7. The molecular formula is C21H17N3S2. The van der Waals surface area contributed by atoms with Gasteiger partial charge < -0.3 is 10.6 Å². The van der Waals surface area contributed by atoms with E-state index in [4.69, 9.17) is 17.2 Å². The Morgan fingerprint density at radius 3 is 2.31 bits per heavy atom. The zero-order chi connectivity index (χ0) is 17.9. The summed E-state index contributed by atoms with van der Waals surface area (Å²) in [6.45, 7) is 2.10. The van der Waals surface area contributed by atoms with E-state index >= 15 is 0 Å². The van der Waals surface area contributed by atoms with E-state index in [1.165, 1.54) is 10.3 Å². The van der Waals surface area contributed by atoms with Crippen molar-refractivity contribution in [3.8, 4) is 10.6 Å². The summed E-state index contributed by atoms with van der Waals surface area (Å²) in [5.41, 5.74) is 5.32. The number of hydrogen-bond acceptors (Lipinski definition) is 3. The lowest BCUT2D eigenvalue weighted by Crippen LogP contribution is -2.18. The summed E-state index contributed by atoms with van der Waals surface area (Å²) < 4.78 is 1.22. The minimum absolute atomic E-state index is 0.569. The Morgan fingerprint density at radius 2 is 1.58 bits per heavy atom. The number of thiazole rings is 1. The number of fused-ring (bicyclic) bond motifs is 1. The third-order valence-corrected chi connectivity index (χ3v) is 5.24. The molecule has 0 aliphatic heterocycles. The van der Waals surface area contributed by atoms with Crippen LogP contribution in [0.2, 0.25) is 0 Å². The lowest BCUT2D eigenvalue weighted by Gasteiger charge is -2.10. The highest BCUT2D eigenvalue weighted by atomic mass is 32.1. The Morgan fingerprint density at radius 1 is 0.885 bits per heavy atom. The molecule has 1 aromatic heterocycles. The molecule has 0 saturated carbocycles. The lowest BCUT2D eigenvalue weighted by atomic mass is 10.2. The summed E-state index contributed by atoms with van der Waals surface area (Å²) >= 11 is 7.08. The molecule has 0 atom stereocenters. The first-order valence-electron chi connectivity index (χ1n) is 8.28. The predicted molar refractivity (Wildman–Crippen MR) is 116 cm³/mol. The summed E-state index contributed by atoms with van der Waals surface area (Å²) in [7, 11) is 0. The van der Waals surface area contributed by atoms with Gasteiger partial charge in [-0.2, -0.15) is 0 Å². The van der Waals surface area contributed by atoms with Gasteiger partial charge in [-0.3, -0.25) is 0 Å². The van der Waals surface area contributed by atoms with Crippen molar-refractivity contribution in [2.45, 2.75) is 6.92 Å². The molecule has 0 amide bonds. The van der Waals surface area contributed by atoms with Crippen LogP contribution in [0.5, 0.6) is 0 Å². The second kappa shape index (κ2) is 7.23. The van der Waals surface area contributed by atoms with Crippen LogP contribution in [0.25, 0.3) is 20.8 Å². The van der Waals surface area contributed by atoms with E-state index in [1.807, 2.05) is 42.5 Å². The number of nitrogens with one attached hydrogen (secondary N) is 2. The van der Waals surface area contributed by atoms with Gasteiger partial charge in [-0.25, -0.2) is 4.98 Å². The number of aromatic nitrogens is 1. The van der Waals surface area contributed by atoms with Crippen LogP contribution in [0.1, 0.15) is 5.56 Å². The van der Waals surface area contributed by atoms with Crippen molar-refractivity contribution in [2.75, 3.05) is 10.6 Å². The van der Waals surface area contributed by atoms with Crippen LogP contribution >= 0.6 is 23.6 Å². The lowest BCUT2D eigenvalue weighted by molar-refractivity contribution is 1.45. The molecule has 0 fully saturated rings. The number of aryl methyl sites for hydroxylation is 1. The Balaban J connectivity index is 1.48. The van der Waals surface area contributed by atoms with Crippen LogP contribution in [0.4, 0.5) is 11.4 Å². The van der Waals surface area contributed by atoms with Crippen LogP contribution in [-0.4, -0.2) is 10.1 Å². The van der Waals surface area contributed by atoms with Gasteiger partial charge >= 0.3 is 0 Å². The molecule has 0 unspecified atom stereocenters. The maximum absolute atomic E-state index is 5.37. The van der Waals surface area contributed by atoms with Gasteiger partial charge in [0.05, 0.1) is 10.2 Å². The summed E-state index contributed by atoms with van der Waals surface area (Å²) in [6, 6.07) is 24.4. The van der Waals surface area contributed by atoms with E-state index < -0.39 is 0 Å². The maximum atomic E-state index is 5.37. The molecule has 2 N–H and O–H groups in total. The molecule has 3 nitrogen and oxygen atoms in total. The molecule has 0 bridgehead atoms. The van der Waals surface area contributed by atoms with Crippen molar-refractivity contribution < 1.29 is 0 Å². The molecule has 26 heavy (non-hydrogen) atoms. The number of hydrogen-bond donors (Lipinski definition) is 2. The Hall–Kier alpha value is -2.76. The SMILES string of the molecule is Cc1ccc2nc(-c3ccc(NC(=S)Nc4ccccc4)cc3)sc2c1. The fourth-order valence-electron chi connectivity index (χ4n) is 2.67. The molecule has 0 aliphatic carbocycles. The molecule has 0 spiro atoms. The molecule has 0 radical (unpaired) electrons. The molecule has 0 saturated heterocycles. The average Bonchev–Trinajstić information content (AvgIpc) is 3.06. The minimum Gasteiger partial charge on any atom is -0.332 e. The van der Waals surface area contributed by atoms with Crippen molar-refractivity contribution in [3.63, 3.8) is 0 Å². The standard InChI is InChI=1S/C21H17N3S2/c1-14-7-12-18-19(13-14)26-20(24-18)15-8-10-17(11-9-15)23-21(25)22-16-5-3-2-4-6-16/h2-13H,1H3,(H2,22,23,25). The Bertz CT molecular complexity index is 1050. The van der Waals surface area contributed by atoms with Crippen LogP contribution in [0, 0.1) is 6.92 Å². The van der Waals surface area contributed by atoms with Gasteiger partial charge in [0.15, 0.2) is 5.11 Å². The van der Waals surface area contributed by atoms with Gasteiger partial charge in [0, 0.05) is 16.9 Å². The smallest absolute Gasteiger partial charge is 0.175 e. The average molecular weight is 376 g/mol. The number of benzene rings is 3. The zero-order valence-electron chi connectivity index (χ0n) is 14.2. The fourth-order valence-corrected chi connectivity index (χ4v) is 3.97. The maximum Gasteiger partial charge on any atom is 0.175 e. The number of rotatable bonds is 3. The molecule has 0 aliphatic rings. The fraction of sp³-hybridized carbons (Fsp3) is 0.0476. The number of thiocarbonyl (C=S) groups is 1. The number of nitrogens with zero attached hydrogens (tertiary/aromatic N) is 1. The summed E-state index contributed by atoms with van der Waals surface area (Å²) in [4.78, 5) is 4.73. The van der Waals surface area contributed by atoms with Gasteiger partial charge in [-0.15, -0.1) is 11.3 Å². The first kappa shape index (κ1) is 16.7. The summed E-state index contributed by atoms with van der Waals surface area (Å²) in [5.74, 6) is 0. The molecule has 4 rings (SSSR count). The second-order valence-corrected chi connectivity index (χ2v) is 7.45. The van der Waals surface area contributed by atoms with Crippen LogP contribution in [-0.2, 0) is 0 Å². The number of anilines is 2. The largest absolute Gasteiger partial charge is 0.332 e. The monoisotopic (exact) mass is 375 g/mol. The van der Waals surface area contributed by atoms with Crippen molar-refractivity contribution in [1.29, 1.82) is 0 Å². The molecule has 5 heteroatoms. The highest BCUT2D eigenvalue weighted by Gasteiger charge is 2.07. The van der Waals surface area contributed by atoms with Gasteiger partial charge in [0.2, 0.25) is 0 Å². The highest BCUT2D eigenvalue weighted by Crippen LogP contribution is 2.31. The highest BCUT2D eigenvalue weighted by molar-refractivity contribution is 7.80. The van der Waals surface area contributed by atoms with Crippen LogP contribution in [0.15, 0.2) is 72.8 Å². The third kappa shape index (κ3) is 3.74. The molecule has 3 aromatic carbocycles. The summed E-state index contributed by atoms with van der Waals surface area (Å²) in [6.07, 6.45) is 0. The third-order valence-electron chi connectivity index (χ3n) is 3.97. The van der Waals surface area contributed by atoms with Crippen molar-refractivity contribution >= 4 is 50.3 Å². The van der Waals surface area contributed by atoms with E-state index in [2.05, 4.69) is 47.9 Å². The topological polar surface area (TPSA) is 37.0 Å². The quantitative estimate of drug-likeness (QED) is 0.426. The normalized spacial score (nSPS) is 10.7. The first-order valence-corrected chi connectivity index (χ1v) is 9.50. The van der Waals surface area contributed by atoms with E-state index in [9.17, 15) is 0 Å². The van der Waals surface area contributed by atoms with Crippen molar-refractivity contribution in [1.82, 2.24) is 4.98 Å². The van der Waals surface area contributed by atoms with Gasteiger partial charge in [-0.1, -0.05) is 24.3 Å². The van der Waals surface area contributed by atoms with Gasteiger partial charge in [-0.05, 0) is 73.2 Å². The van der Waals surface area contributed by atoms with E-state index in [-0.39, 0.29) is 0 Å². The molecule has 1 heterocycles.